The molecule has 0 radical (unpaired) electrons. The van der Waals surface area contributed by atoms with E-state index in [1.54, 1.807) is 35.2 Å². The zero-order valence-corrected chi connectivity index (χ0v) is 16.8. The lowest BCUT2D eigenvalue weighted by molar-refractivity contribution is -0.121. The molecule has 0 atom stereocenters. The van der Waals surface area contributed by atoms with E-state index in [-0.39, 0.29) is 24.2 Å². The molecule has 6 nitrogen and oxygen atoms in total. The van der Waals surface area contributed by atoms with Gasteiger partial charge in [0.2, 0.25) is 0 Å². The molecule has 1 aliphatic rings. The van der Waals surface area contributed by atoms with E-state index >= 15 is 0 Å². The first-order valence-corrected chi connectivity index (χ1v) is 9.45. The molecule has 1 aliphatic heterocycles. The largest absolute Gasteiger partial charge is 0.482 e. The van der Waals surface area contributed by atoms with Crippen molar-refractivity contribution in [3.05, 3.63) is 64.9 Å². The summed E-state index contributed by atoms with van der Waals surface area (Å²) in [4.78, 5) is 26.6. The summed E-state index contributed by atoms with van der Waals surface area (Å²) in [5.41, 5.74) is 3.31. The molecule has 3 aromatic rings. The van der Waals surface area contributed by atoms with Crippen LogP contribution < -0.4 is 15.0 Å². The van der Waals surface area contributed by atoms with E-state index in [0.717, 1.165) is 10.9 Å². The Morgan fingerprint density at radius 3 is 2.86 bits per heavy atom. The van der Waals surface area contributed by atoms with Crippen LogP contribution in [0.25, 0.3) is 11.0 Å². The molecule has 1 aromatic heterocycles. The van der Waals surface area contributed by atoms with E-state index in [9.17, 15) is 9.59 Å². The van der Waals surface area contributed by atoms with Crippen molar-refractivity contribution in [3.63, 3.8) is 0 Å². The van der Waals surface area contributed by atoms with E-state index in [2.05, 4.69) is 11.9 Å². The summed E-state index contributed by atoms with van der Waals surface area (Å²) in [5.74, 6) is 0.246. The van der Waals surface area contributed by atoms with Crippen molar-refractivity contribution in [2.45, 2.75) is 13.8 Å². The maximum Gasteiger partial charge on any atom is 0.291 e. The molecule has 1 N–H and O–H groups in total. The molecule has 29 heavy (non-hydrogen) atoms. The molecule has 2 heterocycles. The zero-order chi connectivity index (χ0) is 20.7. The average molecular weight is 411 g/mol. The van der Waals surface area contributed by atoms with E-state index in [4.69, 9.17) is 20.8 Å². The van der Waals surface area contributed by atoms with Gasteiger partial charge in [0.05, 0.1) is 5.69 Å². The number of carbonyl (C=O) groups is 2. The summed E-state index contributed by atoms with van der Waals surface area (Å²) in [6, 6.07) is 8.76. The third-order valence-electron chi connectivity index (χ3n) is 4.90. The fraction of sp³-hybridized carbons (Fsp3) is 0.182. The standard InChI is InChI=1S/C22H19ClN2O4/c1-4-7-25-17-9-14(5-6-18(17)28-11-20(25)26)24-22(27)21-13(3)15-10-16(23)12(2)8-19(15)29-21/h4-6,8-10H,1,7,11H2,2-3H3,(H,24,27). The van der Waals surface area contributed by atoms with Gasteiger partial charge in [-0.3, -0.25) is 9.59 Å². The molecule has 2 amide bonds. The van der Waals surface area contributed by atoms with E-state index in [0.29, 0.717) is 39.8 Å². The molecule has 7 heteroatoms. The minimum atomic E-state index is -0.384. The fourth-order valence-corrected chi connectivity index (χ4v) is 3.52. The maximum absolute atomic E-state index is 12.8. The Hall–Kier alpha value is -3.25. The van der Waals surface area contributed by atoms with E-state index < -0.39 is 0 Å². The quantitative estimate of drug-likeness (QED) is 0.623. The van der Waals surface area contributed by atoms with Crippen LogP contribution in [-0.2, 0) is 4.79 Å². The summed E-state index contributed by atoms with van der Waals surface area (Å²) in [6.45, 7) is 7.72. The Bertz CT molecular complexity index is 1170. The Morgan fingerprint density at radius 2 is 2.10 bits per heavy atom. The predicted molar refractivity (Wildman–Crippen MR) is 113 cm³/mol. The molecular weight excluding hydrogens is 392 g/mol. The highest BCUT2D eigenvalue weighted by Crippen LogP contribution is 2.35. The minimum absolute atomic E-state index is 0.0211. The van der Waals surface area contributed by atoms with Crippen LogP contribution in [0.15, 0.2) is 47.4 Å². The lowest BCUT2D eigenvalue weighted by Crippen LogP contribution is -2.38. The SMILES string of the molecule is C=CCN1C(=O)COc2ccc(NC(=O)c3oc4cc(C)c(Cl)cc4c3C)cc21. The molecule has 0 saturated heterocycles. The third-order valence-corrected chi connectivity index (χ3v) is 5.30. The molecule has 0 spiro atoms. The van der Waals surface area contributed by atoms with Gasteiger partial charge in [0.1, 0.15) is 11.3 Å². The van der Waals surface area contributed by atoms with Gasteiger partial charge in [-0.1, -0.05) is 17.7 Å². The Balaban J connectivity index is 1.66. The lowest BCUT2D eigenvalue weighted by Gasteiger charge is -2.28. The number of fused-ring (bicyclic) bond motifs is 2. The van der Waals surface area contributed by atoms with Crippen molar-refractivity contribution in [2.24, 2.45) is 0 Å². The number of hydrogen-bond donors (Lipinski definition) is 1. The molecule has 148 valence electrons. The highest BCUT2D eigenvalue weighted by molar-refractivity contribution is 6.32. The van der Waals surface area contributed by atoms with Crippen molar-refractivity contribution in [1.82, 2.24) is 0 Å². The second kappa shape index (κ2) is 7.29. The van der Waals surface area contributed by atoms with Crippen molar-refractivity contribution >= 4 is 45.8 Å². The van der Waals surface area contributed by atoms with Crippen LogP contribution in [0.1, 0.15) is 21.7 Å². The molecule has 0 unspecified atom stereocenters. The lowest BCUT2D eigenvalue weighted by atomic mass is 10.1. The van der Waals surface area contributed by atoms with Gasteiger partial charge >= 0.3 is 0 Å². The number of hydrogen-bond acceptors (Lipinski definition) is 4. The average Bonchev–Trinajstić information content (AvgIpc) is 3.00. The maximum atomic E-state index is 12.8. The van der Waals surface area contributed by atoms with Gasteiger partial charge in [0.25, 0.3) is 11.8 Å². The first-order chi connectivity index (χ1) is 13.9. The van der Waals surface area contributed by atoms with Gasteiger partial charge in [-0.25, -0.2) is 0 Å². The topological polar surface area (TPSA) is 71.8 Å². The summed E-state index contributed by atoms with van der Waals surface area (Å²) in [6.07, 6.45) is 1.64. The summed E-state index contributed by atoms with van der Waals surface area (Å²) in [5, 5.41) is 4.25. The van der Waals surface area contributed by atoms with Crippen LogP contribution in [-0.4, -0.2) is 25.0 Å². The number of aryl methyl sites for hydroxylation is 2. The number of benzene rings is 2. The molecule has 0 saturated carbocycles. The highest BCUT2D eigenvalue weighted by Gasteiger charge is 2.25. The van der Waals surface area contributed by atoms with Crippen LogP contribution >= 0.6 is 11.6 Å². The van der Waals surface area contributed by atoms with Crippen molar-refractivity contribution in [3.8, 4) is 5.75 Å². The molecule has 0 bridgehead atoms. The number of anilines is 2. The summed E-state index contributed by atoms with van der Waals surface area (Å²) < 4.78 is 11.3. The second-order valence-electron chi connectivity index (χ2n) is 6.87. The zero-order valence-electron chi connectivity index (χ0n) is 16.0. The minimum Gasteiger partial charge on any atom is -0.482 e. The summed E-state index contributed by atoms with van der Waals surface area (Å²) >= 11 is 6.20. The molecule has 4 rings (SSSR count). The van der Waals surface area contributed by atoms with Gasteiger partial charge in [-0.05, 0) is 49.7 Å². The second-order valence-corrected chi connectivity index (χ2v) is 7.28. The van der Waals surface area contributed by atoms with E-state index in [1.165, 1.54) is 0 Å². The Labute approximate surface area is 172 Å². The molecule has 2 aromatic carbocycles. The molecule has 0 aliphatic carbocycles. The number of amides is 2. The van der Waals surface area contributed by atoms with Gasteiger partial charge in [0.15, 0.2) is 12.4 Å². The number of nitrogens with zero attached hydrogens (tertiary/aromatic N) is 1. The first kappa shape index (κ1) is 19.1. The van der Waals surface area contributed by atoms with Crippen LogP contribution in [0.3, 0.4) is 0 Å². The summed E-state index contributed by atoms with van der Waals surface area (Å²) in [7, 11) is 0. The van der Waals surface area contributed by atoms with Crippen molar-refractivity contribution in [2.75, 3.05) is 23.4 Å². The first-order valence-electron chi connectivity index (χ1n) is 9.07. The molecule has 0 fully saturated rings. The van der Waals surface area contributed by atoms with Crippen LogP contribution in [0.5, 0.6) is 5.75 Å². The Kier molecular flexibility index (Phi) is 4.80. The Morgan fingerprint density at radius 1 is 1.31 bits per heavy atom. The van der Waals surface area contributed by atoms with Crippen molar-refractivity contribution < 1.29 is 18.7 Å². The van der Waals surface area contributed by atoms with Crippen LogP contribution in [0.4, 0.5) is 11.4 Å². The highest BCUT2D eigenvalue weighted by atomic mass is 35.5. The third kappa shape index (κ3) is 3.36. The number of furan rings is 1. The van der Waals surface area contributed by atoms with Gasteiger partial charge in [0, 0.05) is 28.2 Å². The predicted octanol–water partition coefficient (Wildman–Crippen LogP) is 4.87. The van der Waals surface area contributed by atoms with Crippen molar-refractivity contribution in [1.29, 1.82) is 0 Å². The van der Waals surface area contributed by atoms with Crippen LogP contribution in [0.2, 0.25) is 5.02 Å². The number of ether oxygens (including phenoxy) is 1. The number of halogens is 1. The number of rotatable bonds is 4. The van der Waals surface area contributed by atoms with Gasteiger partial charge < -0.3 is 19.4 Å². The monoisotopic (exact) mass is 410 g/mol. The van der Waals surface area contributed by atoms with E-state index in [1.807, 2.05) is 19.9 Å². The smallest absolute Gasteiger partial charge is 0.291 e. The number of nitrogens with one attached hydrogen (secondary N) is 1. The van der Waals surface area contributed by atoms with Gasteiger partial charge in [-0.2, -0.15) is 0 Å². The normalized spacial score (nSPS) is 13.2. The van der Waals surface area contributed by atoms with Crippen LogP contribution in [0, 0.1) is 13.8 Å². The number of carbonyl (C=O) groups excluding carboxylic acids is 2. The van der Waals surface area contributed by atoms with Gasteiger partial charge in [-0.15, -0.1) is 6.58 Å². The molecular formula is C22H19ClN2O4. The fourth-order valence-electron chi connectivity index (χ4n) is 3.35.